The van der Waals surface area contributed by atoms with Crippen molar-refractivity contribution in [2.75, 3.05) is 0 Å². The van der Waals surface area contributed by atoms with Gasteiger partial charge in [0.05, 0.1) is 0 Å². The molecule has 0 aliphatic heterocycles. The Bertz CT molecular complexity index is 618. The Labute approximate surface area is 112 Å². The van der Waals surface area contributed by atoms with Gasteiger partial charge in [-0.2, -0.15) is 0 Å². The van der Waals surface area contributed by atoms with E-state index in [9.17, 15) is 10.1 Å². The summed E-state index contributed by atoms with van der Waals surface area (Å²) >= 11 is 0. The number of nitrogens with zero attached hydrogens (tertiary/aromatic N) is 1. The van der Waals surface area contributed by atoms with Crippen LogP contribution in [0, 0.1) is 17.0 Å². The molecule has 0 spiro atoms. The van der Waals surface area contributed by atoms with Crippen molar-refractivity contribution in [3.05, 3.63) is 80.9 Å². The van der Waals surface area contributed by atoms with Crippen molar-refractivity contribution in [3.63, 3.8) is 0 Å². The van der Waals surface area contributed by atoms with Crippen molar-refractivity contribution in [1.29, 1.82) is 0 Å². The van der Waals surface area contributed by atoms with Crippen LogP contribution in [0.15, 0.2) is 48.5 Å². The van der Waals surface area contributed by atoms with Crippen LogP contribution in [-0.4, -0.2) is 4.92 Å². The lowest BCUT2D eigenvalue weighted by atomic mass is 10.1. The average Bonchev–Trinajstić information content (AvgIpc) is 2.36. The molecule has 0 radical (unpaired) electrons. The van der Waals surface area contributed by atoms with Crippen molar-refractivity contribution >= 4 is 12.2 Å². The minimum absolute atomic E-state index is 0.133. The Balaban J connectivity index is 2.16. The number of hydrogen-bond acceptors (Lipinski definition) is 2. The molecule has 2 aromatic rings. The maximum absolute atomic E-state index is 10.5. The largest absolute Gasteiger partial charge is 0.264 e. The number of nitro groups is 1. The summed E-state index contributed by atoms with van der Waals surface area (Å²) in [7, 11) is 0. The molecule has 0 N–H and O–H groups in total. The maximum atomic E-state index is 10.5. The Morgan fingerprint density at radius 1 is 1.05 bits per heavy atom. The summed E-state index contributed by atoms with van der Waals surface area (Å²) in [5.41, 5.74) is 4.03. The van der Waals surface area contributed by atoms with Crippen LogP contribution in [0.5, 0.6) is 0 Å². The Hall–Kier alpha value is -2.42. The van der Waals surface area contributed by atoms with Crippen LogP contribution in [0.4, 0.5) is 0 Å². The third-order valence-electron chi connectivity index (χ3n) is 2.77. The predicted molar refractivity (Wildman–Crippen MR) is 77.2 cm³/mol. The molecule has 0 heterocycles. The van der Waals surface area contributed by atoms with Gasteiger partial charge in [-0.25, -0.2) is 0 Å². The van der Waals surface area contributed by atoms with Crippen molar-refractivity contribution in [3.8, 4) is 0 Å². The molecule has 0 amide bonds. The molecule has 0 bridgehead atoms. The summed E-state index contributed by atoms with van der Waals surface area (Å²) in [6, 6.07) is 15.6. The lowest BCUT2D eigenvalue weighted by Crippen LogP contribution is -1.97. The highest BCUT2D eigenvalue weighted by Crippen LogP contribution is 2.12. The SMILES string of the molecule is Cc1cccc(/C=C/c2cccc(C[N+](=O)[O-])c2)c1. The fraction of sp³-hybridized carbons (Fsp3) is 0.125. The van der Waals surface area contributed by atoms with E-state index in [1.165, 1.54) is 5.56 Å². The van der Waals surface area contributed by atoms with E-state index < -0.39 is 0 Å². The van der Waals surface area contributed by atoms with Crippen LogP contribution < -0.4 is 0 Å². The van der Waals surface area contributed by atoms with Gasteiger partial charge in [-0.05, 0) is 24.1 Å². The van der Waals surface area contributed by atoms with Crippen LogP contribution in [0.25, 0.3) is 12.2 Å². The monoisotopic (exact) mass is 253 g/mol. The molecule has 2 rings (SSSR count). The predicted octanol–water partition coefficient (Wildman–Crippen LogP) is 3.94. The molecule has 2 aromatic carbocycles. The minimum Gasteiger partial charge on any atom is -0.264 e. The molecule has 0 saturated carbocycles. The van der Waals surface area contributed by atoms with E-state index in [1.807, 2.05) is 42.5 Å². The van der Waals surface area contributed by atoms with Gasteiger partial charge in [0, 0.05) is 10.5 Å². The Morgan fingerprint density at radius 3 is 2.32 bits per heavy atom. The van der Waals surface area contributed by atoms with Crippen LogP contribution in [0.2, 0.25) is 0 Å². The average molecular weight is 253 g/mol. The zero-order chi connectivity index (χ0) is 13.7. The molecule has 0 aromatic heterocycles. The number of hydrogen-bond donors (Lipinski definition) is 0. The first-order valence-corrected chi connectivity index (χ1v) is 6.09. The van der Waals surface area contributed by atoms with Gasteiger partial charge in [-0.3, -0.25) is 10.1 Å². The molecule has 0 fully saturated rings. The van der Waals surface area contributed by atoms with Crippen molar-refractivity contribution in [2.24, 2.45) is 0 Å². The second-order valence-electron chi connectivity index (χ2n) is 4.48. The van der Waals surface area contributed by atoms with Gasteiger partial charge in [-0.1, -0.05) is 60.2 Å². The van der Waals surface area contributed by atoms with Gasteiger partial charge in [0.2, 0.25) is 6.54 Å². The first-order chi connectivity index (χ1) is 9.13. The summed E-state index contributed by atoms with van der Waals surface area (Å²) in [5.74, 6) is 0. The highest BCUT2D eigenvalue weighted by Gasteiger charge is 2.00. The molecule has 0 aliphatic carbocycles. The normalized spacial score (nSPS) is 10.8. The first kappa shape index (κ1) is 13.0. The zero-order valence-corrected chi connectivity index (χ0v) is 10.7. The number of rotatable bonds is 4. The van der Waals surface area contributed by atoms with Crippen molar-refractivity contribution in [2.45, 2.75) is 13.5 Å². The van der Waals surface area contributed by atoms with Crippen LogP contribution in [-0.2, 0) is 6.54 Å². The third kappa shape index (κ3) is 4.07. The van der Waals surface area contributed by atoms with Crippen molar-refractivity contribution in [1.82, 2.24) is 0 Å². The molecule has 0 unspecified atom stereocenters. The maximum Gasteiger partial charge on any atom is 0.228 e. The van der Waals surface area contributed by atoms with Crippen LogP contribution in [0.3, 0.4) is 0 Å². The van der Waals surface area contributed by atoms with Crippen molar-refractivity contribution < 1.29 is 4.92 Å². The number of benzene rings is 2. The summed E-state index contributed by atoms with van der Waals surface area (Å²) in [6.45, 7) is 1.92. The smallest absolute Gasteiger partial charge is 0.228 e. The second kappa shape index (κ2) is 5.96. The van der Waals surface area contributed by atoms with Gasteiger partial charge in [0.25, 0.3) is 0 Å². The van der Waals surface area contributed by atoms with E-state index in [0.29, 0.717) is 0 Å². The fourth-order valence-corrected chi connectivity index (χ4v) is 1.91. The first-order valence-electron chi connectivity index (χ1n) is 6.09. The van der Waals surface area contributed by atoms with Gasteiger partial charge >= 0.3 is 0 Å². The van der Waals surface area contributed by atoms with E-state index in [4.69, 9.17) is 0 Å². The van der Waals surface area contributed by atoms with Gasteiger partial charge in [-0.15, -0.1) is 0 Å². The summed E-state index contributed by atoms with van der Waals surface area (Å²) < 4.78 is 0. The second-order valence-corrected chi connectivity index (χ2v) is 4.48. The quantitative estimate of drug-likeness (QED) is 0.470. The highest BCUT2D eigenvalue weighted by atomic mass is 16.6. The molecule has 96 valence electrons. The summed E-state index contributed by atoms with van der Waals surface area (Å²) in [6.07, 6.45) is 3.98. The van der Waals surface area contributed by atoms with Gasteiger partial charge in [0.15, 0.2) is 0 Å². The standard InChI is InChI=1S/C16H15NO2/c1-13-4-2-5-14(10-13)8-9-15-6-3-7-16(11-15)12-17(18)19/h2-11H,12H2,1H3/b9-8+. The topological polar surface area (TPSA) is 43.1 Å². The zero-order valence-electron chi connectivity index (χ0n) is 10.7. The van der Waals surface area contributed by atoms with Gasteiger partial charge in [0.1, 0.15) is 0 Å². The lowest BCUT2D eigenvalue weighted by Gasteiger charge is -1.99. The molecule has 0 atom stereocenters. The molecular weight excluding hydrogens is 238 g/mol. The number of aryl methyl sites for hydroxylation is 1. The van der Waals surface area contributed by atoms with E-state index in [2.05, 4.69) is 19.1 Å². The summed E-state index contributed by atoms with van der Waals surface area (Å²) in [5, 5.41) is 10.5. The van der Waals surface area contributed by atoms with E-state index in [0.717, 1.165) is 16.7 Å². The van der Waals surface area contributed by atoms with Crippen LogP contribution in [0.1, 0.15) is 22.3 Å². The molecule has 0 saturated heterocycles. The highest BCUT2D eigenvalue weighted by molar-refractivity contribution is 5.70. The minimum atomic E-state index is -0.316. The molecule has 0 aliphatic rings. The summed E-state index contributed by atoms with van der Waals surface area (Å²) in [4.78, 5) is 10.2. The molecular formula is C16H15NO2. The van der Waals surface area contributed by atoms with E-state index >= 15 is 0 Å². The van der Waals surface area contributed by atoms with E-state index in [-0.39, 0.29) is 11.5 Å². The Morgan fingerprint density at radius 2 is 1.68 bits per heavy atom. The molecule has 3 heteroatoms. The molecule has 19 heavy (non-hydrogen) atoms. The van der Waals surface area contributed by atoms with E-state index in [1.54, 1.807) is 6.07 Å². The lowest BCUT2D eigenvalue weighted by molar-refractivity contribution is -0.496. The fourth-order valence-electron chi connectivity index (χ4n) is 1.91. The Kier molecular flexibility index (Phi) is 4.08. The van der Waals surface area contributed by atoms with Crippen LogP contribution >= 0.6 is 0 Å². The molecule has 3 nitrogen and oxygen atoms in total. The van der Waals surface area contributed by atoms with Gasteiger partial charge < -0.3 is 0 Å². The third-order valence-corrected chi connectivity index (χ3v) is 2.77.